The number of aromatic nitrogens is 2. The van der Waals surface area contributed by atoms with Crippen molar-refractivity contribution in [1.82, 2.24) is 14.7 Å². The van der Waals surface area contributed by atoms with E-state index in [-0.39, 0.29) is 0 Å². The van der Waals surface area contributed by atoms with Crippen molar-refractivity contribution in [3.05, 3.63) is 23.7 Å². The van der Waals surface area contributed by atoms with Crippen LogP contribution in [0.4, 0.5) is 0 Å². The highest BCUT2D eigenvalue weighted by molar-refractivity contribution is 5.76. The van der Waals surface area contributed by atoms with Gasteiger partial charge in [-0.2, -0.15) is 10.4 Å². The standard InChI is InChI=1S/C10H14N4/c1-8-6-12-14(4)10(8)9(5-11)7-13(2)3/h6-7H,1-4H3. The van der Waals surface area contributed by atoms with Gasteiger partial charge in [-0.15, -0.1) is 0 Å². The second kappa shape index (κ2) is 3.97. The fourth-order valence-electron chi connectivity index (χ4n) is 1.34. The Kier molecular flexibility index (Phi) is 2.92. The van der Waals surface area contributed by atoms with E-state index in [4.69, 9.17) is 5.26 Å². The summed E-state index contributed by atoms with van der Waals surface area (Å²) in [6.45, 7) is 1.95. The van der Waals surface area contributed by atoms with Crippen molar-refractivity contribution in [2.24, 2.45) is 7.05 Å². The van der Waals surface area contributed by atoms with Crippen molar-refractivity contribution in [1.29, 1.82) is 5.26 Å². The Labute approximate surface area is 84.1 Å². The summed E-state index contributed by atoms with van der Waals surface area (Å²) in [7, 11) is 5.62. The van der Waals surface area contributed by atoms with Crippen molar-refractivity contribution >= 4 is 5.57 Å². The van der Waals surface area contributed by atoms with Crippen LogP contribution >= 0.6 is 0 Å². The number of nitrogens with zero attached hydrogens (tertiary/aromatic N) is 4. The Balaban J connectivity index is 3.21. The van der Waals surface area contributed by atoms with Gasteiger partial charge in [0.25, 0.3) is 0 Å². The predicted octanol–water partition coefficient (Wildman–Crippen LogP) is 1.15. The van der Waals surface area contributed by atoms with Crippen LogP contribution in [0.25, 0.3) is 5.57 Å². The van der Waals surface area contributed by atoms with Gasteiger partial charge in [0.1, 0.15) is 6.07 Å². The second-order valence-electron chi connectivity index (χ2n) is 3.42. The van der Waals surface area contributed by atoms with Crippen LogP contribution in [-0.2, 0) is 7.05 Å². The molecule has 0 bridgehead atoms. The largest absolute Gasteiger partial charge is 0.382 e. The minimum Gasteiger partial charge on any atom is -0.382 e. The van der Waals surface area contributed by atoms with Crippen molar-refractivity contribution in [3.8, 4) is 6.07 Å². The molecule has 0 saturated carbocycles. The Hall–Kier alpha value is -1.76. The summed E-state index contributed by atoms with van der Waals surface area (Å²) in [5.74, 6) is 0. The summed E-state index contributed by atoms with van der Waals surface area (Å²) in [6.07, 6.45) is 3.56. The molecule has 0 spiro atoms. The third-order valence-electron chi connectivity index (χ3n) is 1.88. The van der Waals surface area contributed by atoms with Gasteiger partial charge in [-0.1, -0.05) is 0 Å². The molecule has 74 valence electrons. The van der Waals surface area contributed by atoms with Crippen LogP contribution in [0.2, 0.25) is 0 Å². The lowest BCUT2D eigenvalue weighted by Crippen LogP contribution is -2.05. The molecular formula is C10H14N4. The molecule has 0 aromatic carbocycles. The van der Waals surface area contributed by atoms with Crippen LogP contribution < -0.4 is 0 Å². The van der Waals surface area contributed by atoms with E-state index in [1.807, 2.05) is 33.0 Å². The molecular weight excluding hydrogens is 176 g/mol. The molecule has 0 fully saturated rings. The van der Waals surface area contributed by atoms with Crippen LogP contribution in [0.15, 0.2) is 12.4 Å². The molecule has 4 heteroatoms. The van der Waals surface area contributed by atoms with Gasteiger partial charge in [-0.3, -0.25) is 4.68 Å². The molecule has 0 saturated heterocycles. The van der Waals surface area contributed by atoms with Gasteiger partial charge in [0, 0.05) is 27.3 Å². The molecule has 1 aromatic heterocycles. The first kappa shape index (κ1) is 10.3. The van der Waals surface area contributed by atoms with Gasteiger partial charge in [0.15, 0.2) is 0 Å². The molecule has 0 aliphatic carbocycles. The van der Waals surface area contributed by atoms with Crippen molar-refractivity contribution in [3.63, 3.8) is 0 Å². The fraction of sp³-hybridized carbons (Fsp3) is 0.400. The van der Waals surface area contributed by atoms with E-state index in [0.29, 0.717) is 5.57 Å². The summed E-state index contributed by atoms with van der Waals surface area (Å²) in [5, 5.41) is 13.1. The van der Waals surface area contributed by atoms with Gasteiger partial charge in [0.05, 0.1) is 17.5 Å². The molecule has 0 amide bonds. The first-order chi connectivity index (χ1) is 6.56. The molecule has 0 radical (unpaired) electrons. The lowest BCUT2D eigenvalue weighted by molar-refractivity contribution is 0.565. The smallest absolute Gasteiger partial charge is 0.103 e. The van der Waals surface area contributed by atoms with Gasteiger partial charge in [0.2, 0.25) is 0 Å². The first-order valence-corrected chi connectivity index (χ1v) is 4.33. The second-order valence-corrected chi connectivity index (χ2v) is 3.42. The molecule has 0 N–H and O–H groups in total. The minimum atomic E-state index is 0.632. The fourth-order valence-corrected chi connectivity index (χ4v) is 1.34. The molecule has 1 aromatic rings. The summed E-state index contributed by atoms with van der Waals surface area (Å²) in [5.41, 5.74) is 2.52. The van der Waals surface area contributed by atoms with Crippen LogP contribution in [0.5, 0.6) is 0 Å². The maximum Gasteiger partial charge on any atom is 0.103 e. The van der Waals surface area contributed by atoms with E-state index < -0.39 is 0 Å². The third-order valence-corrected chi connectivity index (χ3v) is 1.88. The highest BCUT2D eigenvalue weighted by Gasteiger charge is 2.09. The first-order valence-electron chi connectivity index (χ1n) is 4.33. The van der Waals surface area contributed by atoms with E-state index in [1.165, 1.54) is 0 Å². The topological polar surface area (TPSA) is 44.9 Å². The zero-order valence-corrected chi connectivity index (χ0v) is 8.94. The molecule has 14 heavy (non-hydrogen) atoms. The molecule has 1 heterocycles. The number of aryl methyl sites for hydroxylation is 2. The van der Waals surface area contributed by atoms with Crippen molar-refractivity contribution in [2.75, 3.05) is 14.1 Å². The zero-order valence-electron chi connectivity index (χ0n) is 8.94. The lowest BCUT2D eigenvalue weighted by atomic mass is 10.1. The van der Waals surface area contributed by atoms with E-state index >= 15 is 0 Å². The molecule has 0 atom stereocenters. The van der Waals surface area contributed by atoms with Gasteiger partial charge >= 0.3 is 0 Å². The van der Waals surface area contributed by atoms with E-state index in [0.717, 1.165) is 11.3 Å². The number of rotatable bonds is 2. The van der Waals surface area contributed by atoms with Crippen molar-refractivity contribution < 1.29 is 0 Å². The lowest BCUT2D eigenvalue weighted by Gasteiger charge is -2.07. The number of hydrogen-bond donors (Lipinski definition) is 0. The normalized spacial score (nSPS) is 11.2. The summed E-state index contributed by atoms with van der Waals surface area (Å²) >= 11 is 0. The SMILES string of the molecule is Cc1cnn(C)c1C(C#N)=CN(C)C. The number of hydrogen-bond acceptors (Lipinski definition) is 3. The average molecular weight is 190 g/mol. The van der Waals surface area contributed by atoms with Gasteiger partial charge < -0.3 is 4.90 Å². The molecule has 0 aliphatic rings. The maximum atomic E-state index is 9.01. The Morgan fingerprint density at radius 3 is 2.64 bits per heavy atom. The monoisotopic (exact) mass is 190 g/mol. The third kappa shape index (κ3) is 1.94. The van der Waals surface area contributed by atoms with E-state index in [9.17, 15) is 0 Å². The van der Waals surface area contributed by atoms with Crippen LogP contribution in [0.1, 0.15) is 11.3 Å². The van der Waals surface area contributed by atoms with E-state index in [2.05, 4.69) is 11.2 Å². The highest BCUT2D eigenvalue weighted by atomic mass is 15.3. The number of nitriles is 1. The predicted molar refractivity (Wildman–Crippen MR) is 55.2 cm³/mol. The average Bonchev–Trinajstić information content (AvgIpc) is 2.43. The summed E-state index contributed by atoms with van der Waals surface area (Å²) in [4.78, 5) is 1.85. The zero-order chi connectivity index (χ0) is 10.7. The summed E-state index contributed by atoms with van der Waals surface area (Å²) < 4.78 is 1.72. The minimum absolute atomic E-state index is 0.632. The van der Waals surface area contributed by atoms with Gasteiger partial charge in [-0.25, -0.2) is 0 Å². The quantitative estimate of drug-likeness (QED) is 0.657. The molecule has 0 unspecified atom stereocenters. The molecule has 1 rings (SSSR count). The Morgan fingerprint density at radius 1 is 1.64 bits per heavy atom. The van der Waals surface area contributed by atoms with Crippen molar-refractivity contribution in [2.45, 2.75) is 6.92 Å². The molecule has 0 aliphatic heterocycles. The Morgan fingerprint density at radius 2 is 2.29 bits per heavy atom. The molecule has 4 nitrogen and oxygen atoms in total. The maximum absolute atomic E-state index is 9.01. The van der Waals surface area contributed by atoms with Crippen LogP contribution in [0, 0.1) is 18.3 Å². The number of allylic oxidation sites excluding steroid dienone is 1. The Bertz CT molecular complexity index is 373. The van der Waals surface area contributed by atoms with Crippen LogP contribution in [0.3, 0.4) is 0 Å². The summed E-state index contributed by atoms with van der Waals surface area (Å²) in [6, 6.07) is 2.18. The van der Waals surface area contributed by atoms with E-state index in [1.54, 1.807) is 17.1 Å². The highest BCUT2D eigenvalue weighted by Crippen LogP contribution is 2.16. The van der Waals surface area contributed by atoms with Gasteiger partial charge in [-0.05, 0) is 12.5 Å². The van der Waals surface area contributed by atoms with Crippen LogP contribution in [-0.4, -0.2) is 28.8 Å².